The van der Waals surface area contributed by atoms with Crippen molar-refractivity contribution in [3.63, 3.8) is 0 Å². The van der Waals surface area contributed by atoms with E-state index in [1.54, 1.807) is 0 Å². The predicted molar refractivity (Wildman–Crippen MR) is 94.3 cm³/mol. The van der Waals surface area contributed by atoms with Gasteiger partial charge >= 0.3 is 0 Å². The van der Waals surface area contributed by atoms with Crippen molar-refractivity contribution in [2.24, 2.45) is 17.6 Å². The Balaban J connectivity index is 1.64. The second kappa shape index (κ2) is 7.35. The van der Waals surface area contributed by atoms with Crippen molar-refractivity contribution in [2.75, 3.05) is 24.5 Å². The predicted octanol–water partition coefficient (Wildman–Crippen LogP) is 2.84. The number of nitrogens with zero attached hydrogens (tertiary/aromatic N) is 1. The van der Waals surface area contributed by atoms with E-state index in [-0.39, 0.29) is 17.9 Å². The molecule has 4 nitrogen and oxygen atoms in total. The van der Waals surface area contributed by atoms with Crippen LogP contribution in [0.15, 0.2) is 24.3 Å². The highest BCUT2D eigenvalue weighted by atomic mass is 16.2. The minimum Gasteiger partial charge on any atom is -0.372 e. The molecule has 2 aliphatic rings. The molecule has 1 unspecified atom stereocenters. The Morgan fingerprint density at radius 2 is 2.09 bits per heavy atom. The summed E-state index contributed by atoms with van der Waals surface area (Å²) in [6.07, 6.45) is 5.75. The standard InChI is InChI=1S/C19H29N3O/c1-14(21-19(23)18-9-5-7-16(18)13-20)15-6-4-8-17(12-15)22-10-2-3-11-22/h4,6,8,12,14,16,18H,2-3,5,7,9-11,13,20H2,1H3,(H,21,23)/t14?,16-,18-/m1/s1. The number of nitrogens with two attached hydrogens (primary N) is 1. The first-order valence-corrected chi connectivity index (χ1v) is 9.04. The molecule has 23 heavy (non-hydrogen) atoms. The molecule has 0 aromatic heterocycles. The third-order valence-electron chi connectivity index (χ3n) is 5.50. The van der Waals surface area contributed by atoms with E-state index in [1.807, 2.05) is 0 Å². The largest absolute Gasteiger partial charge is 0.372 e. The van der Waals surface area contributed by atoms with Crippen LogP contribution in [0.2, 0.25) is 0 Å². The van der Waals surface area contributed by atoms with E-state index in [9.17, 15) is 4.79 Å². The summed E-state index contributed by atoms with van der Waals surface area (Å²) >= 11 is 0. The second-order valence-corrected chi connectivity index (χ2v) is 7.05. The maximum atomic E-state index is 12.6. The van der Waals surface area contributed by atoms with Gasteiger partial charge in [-0.3, -0.25) is 4.79 Å². The summed E-state index contributed by atoms with van der Waals surface area (Å²) in [7, 11) is 0. The number of benzene rings is 1. The quantitative estimate of drug-likeness (QED) is 0.878. The molecule has 1 aromatic rings. The zero-order valence-electron chi connectivity index (χ0n) is 14.1. The maximum Gasteiger partial charge on any atom is 0.223 e. The van der Waals surface area contributed by atoms with Gasteiger partial charge in [-0.2, -0.15) is 0 Å². The Hall–Kier alpha value is -1.55. The molecule has 0 spiro atoms. The van der Waals surface area contributed by atoms with Gasteiger partial charge in [-0.15, -0.1) is 0 Å². The maximum absolute atomic E-state index is 12.6. The molecular weight excluding hydrogens is 286 g/mol. The summed E-state index contributed by atoms with van der Waals surface area (Å²) in [4.78, 5) is 15.0. The summed E-state index contributed by atoms with van der Waals surface area (Å²) in [5.74, 6) is 0.638. The number of anilines is 1. The molecule has 1 heterocycles. The summed E-state index contributed by atoms with van der Waals surface area (Å²) in [5.41, 5.74) is 8.27. The molecule has 0 bridgehead atoms. The van der Waals surface area contributed by atoms with Crippen molar-refractivity contribution in [3.05, 3.63) is 29.8 Å². The lowest BCUT2D eigenvalue weighted by Crippen LogP contribution is -2.36. The molecule has 1 aliphatic heterocycles. The van der Waals surface area contributed by atoms with Crippen LogP contribution >= 0.6 is 0 Å². The van der Waals surface area contributed by atoms with Crippen molar-refractivity contribution < 1.29 is 4.79 Å². The van der Waals surface area contributed by atoms with E-state index in [1.165, 1.54) is 24.1 Å². The molecule has 3 rings (SSSR count). The molecule has 1 aromatic carbocycles. The monoisotopic (exact) mass is 315 g/mol. The van der Waals surface area contributed by atoms with Crippen LogP contribution in [-0.4, -0.2) is 25.5 Å². The van der Waals surface area contributed by atoms with Crippen molar-refractivity contribution in [1.29, 1.82) is 0 Å². The molecule has 1 saturated carbocycles. The lowest BCUT2D eigenvalue weighted by atomic mass is 9.94. The zero-order chi connectivity index (χ0) is 16.2. The number of carbonyl (C=O) groups is 1. The summed E-state index contributed by atoms with van der Waals surface area (Å²) < 4.78 is 0. The first-order valence-electron chi connectivity index (χ1n) is 9.04. The van der Waals surface area contributed by atoms with Gasteiger partial charge in [-0.1, -0.05) is 18.6 Å². The molecule has 0 radical (unpaired) electrons. The molecule has 2 fully saturated rings. The van der Waals surface area contributed by atoms with Crippen molar-refractivity contribution in [3.8, 4) is 0 Å². The van der Waals surface area contributed by atoms with E-state index < -0.39 is 0 Å². The SMILES string of the molecule is CC(NC(=O)[C@@H]1CCC[C@@H]1CN)c1cccc(N2CCCC2)c1. The third kappa shape index (κ3) is 3.69. The Morgan fingerprint density at radius 3 is 2.83 bits per heavy atom. The van der Waals surface area contributed by atoms with Gasteiger partial charge in [-0.25, -0.2) is 0 Å². The van der Waals surface area contributed by atoms with Crippen LogP contribution in [0.4, 0.5) is 5.69 Å². The van der Waals surface area contributed by atoms with Crippen LogP contribution in [0.3, 0.4) is 0 Å². The van der Waals surface area contributed by atoms with Crippen LogP contribution in [0.25, 0.3) is 0 Å². The minimum absolute atomic E-state index is 0.0454. The summed E-state index contributed by atoms with van der Waals surface area (Å²) in [6.45, 7) is 4.99. The highest BCUT2D eigenvalue weighted by Gasteiger charge is 2.32. The van der Waals surface area contributed by atoms with Crippen LogP contribution < -0.4 is 16.0 Å². The molecule has 1 aliphatic carbocycles. The normalized spacial score (nSPS) is 25.6. The average Bonchev–Trinajstić information content (AvgIpc) is 3.26. The zero-order valence-corrected chi connectivity index (χ0v) is 14.1. The molecule has 3 N–H and O–H groups in total. The first kappa shape index (κ1) is 16.3. The first-order chi connectivity index (χ1) is 11.2. The molecule has 4 heteroatoms. The number of amides is 1. The molecule has 1 saturated heterocycles. The fourth-order valence-electron chi connectivity index (χ4n) is 4.03. The Labute approximate surface area is 139 Å². The Bertz CT molecular complexity index is 539. The molecule has 126 valence electrons. The topological polar surface area (TPSA) is 58.4 Å². The average molecular weight is 315 g/mol. The van der Waals surface area contributed by atoms with Gasteiger partial charge in [0, 0.05) is 24.7 Å². The summed E-state index contributed by atoms with van der Waals surface area (Å²) in [5, 5.41) is 3.21. The van der Waals surface area contributed by atoms with E-state index in [2.05, 4.69) is 41.4 Å². The number of hydrogen-bond acceptors (Lipinski definition) is 3. The smallest absolute Gasteiger partial charge is 0.223 e. The Kier molecular flexibility index (Phi) is 5.21. The highest BCUT2D eigenvalue weighted by Crippen LogP contribution is 2.32. The molecule has 1 amide bonds. The van der Waals surface area contributed by atoms with E-state index >= 15 is 0 Å². The fraction of sp³-hybridized carbons (Fsp3) is 0.632. The van der Waals surface area contributed by atoms with E-state index in [4.69, 9.17) is 5.73 Å². The lowest BCUT2D eigenvalue weighted by Gasteiger charge is -2.23. The van der Waals surface area contributed by atoms with Crippen LogP contribution in [0.5, 0.6) is 0 Å². The van der Waals surface area contributed by atoms with Crippen molar-refractivity contribution in [1.82, 2.24) is 5.32 Å². The molecule has 3 atom stereocenters. The third-order valence-corrected chi connectivity index (χ3v) is 5.50. The number of hydrogen-bond donors (Lipinski definition) is 2. The number of rotatable bonds is 5. The minimum atomic E-state index is 0.0454. The summed E-state index contributed by atoms with van der Waals surface area (Å²) in [6, 6.07) is 8.66. The molecular formula is C19H29N3O. The lowest BCUT2D eigenvalue weighted by molar-refractivity contribution is -0.126. The van der Waals surface area contributed by atoms with Gasteiger partial charge < -0.3 is 16.0 Å². The van der Waals surface area contributed by atoms with E-state index in [0.29, 0.717) is 12.5 Å². The highest BCUT2D eigenvalue weighted by molar-refractivity contribution is 5.79. The second-order valence-electron chi connectivity index (χ2n) is 7.05. The van der Waals surface area contributed by atoms with Crippen LogP contribution in [0, 0.1) is 11.8 Å². The van der Waals surface area contributed by atoms with Crippen LogP contribution in [-0.2, 0) is 4.79 Å². The van der Waals surface area contributed by atoms with E-state index in [0.717, 1.165) is 32.4 Å². The van der Waals surface area contributed by atoms with Gasteiger partial charge in [0.15, 0.2) is 0 Å². The fourth-order valence-corrected chi connectivity index (χ4v) is 4.03. The van der Waals surface area contributed by atoms with Gasteiger partial charge in [0.2, 0.25) is 5.91 Å². The van der Waals surface area contributed by atoms with Gasteiger partial charge in [0.25, 0.3) is 0 Å². The van der Waals surface area contributed by atoms with Crippen molar-refractivity contribution >= 4 is 11.6 Å². The van der Waals surface area contributed by atoms with Gasteiger partial charge in [-0.05, 0) is 62.8 Å². The Morgan fingerprint density at radius 1 is 1.30 bits per heavy atom. The van der Waals surface area contributed by atoms with Gasteiger partial charge in [0.1, 0.15) is 0 Å². The van der Waals surface area contributed by atoms with Crippen molar-refractivity contribution in [2.45, 2.75) is 45.1 Å². The number of nitrogens with one attached hydrogen (secondary N) is 1. The number of carbonyl (C=O) groups excluding carboxylic acids is 1. The van der Waals surface area contributed by atoms with Gasteiger partial charge in [0.05, 0.1) is 6.04 Å². The van der Waals surface area contributed by atoms with Crippen LogP contribution in [0.1, 0.15) is 50.6 Å².